The van der Waals surface area contributed by atoms with Crippen LogP contribution in [0.15, 0.2) is 18.2 Å². The third kappa shape index (κ3) is 3.70. The summed E-state index contributed by atoms with van der Waals surface area (Å²) in [5, 5.41) is 0.170. The predicted octanol–water partition coefficient (Wildman–Crippen LogP) is 2.59. The molecule has 0 aromatic heterocycles. The molecule has 1 aromatic carbocycles. The minimum Gasteiger partial charge on any atom is -0.392 e. The lowest BCUT2D eigenvalue weighted by Crippen LogP contribution is -2.32. The molecule has 0 radical (unpaired) electrons. The van der Waals surface area contributed by atoms with E-state index in [1.165, 1.54) is 6.07 Å². The molecule has 0 atom stereocenters. The molecular weight excluding hydrogens is 247 g/mol. The Labute approximate surface area is 105 Å². The van der Waals surface area contributed by atoms with Gasteiger partial charge in [0.05, 0.1) is 10.0 Å². The van der Waals surface area contributed by atoms with Gasteiger partial charge in [-0.3, -0.25) is 4.90 Å². The zero-order valence-corrected chi connectivity index (χ0v) is 10.6. The van der Waals surface area contributed by atoms with Gasteiger partial charge in [-0.25, -0.2) is 4.39 Å². The molecule has 0 aliphatic carbocycles. The maximum absolute atomic E-state index is 13.2. The van der Waals surface area contributed by atoms with E-state index in [0.29, 0.717) is 18.1 Å². The van der Waals surface area contributed by atoms with Gasteiger partial charge in [0.2, 0.25) is 0 Å². The average Bonchev–Trinajstić information content (AvgIpc) is 2.23. The van der Waals surface area contributed by atoms with Gasteiger partial charge in [-0.15, -0.1) is 0 Å². The van der Waals surface area contributed by atoms with Crippen LogP contribution in [0.25, 0.3) is 0 Å². The molecular formula is C11H14ClFN2S. The number of benzene rings is 1. The summed E-state index contributed by atoms with van der Waals surface area (Å²) in [5.74, 6) is -0.398. The molecule has 0 aliphatic heterocycles. The quantitative estimate of drug-likeness (QED) is 0.826. The smallest absolute Gasteiger partial charge is 0.142 e. The zero-order valence-electron chi connectivity index (χ0n) is 9.04. The summed E-state index contributed by atoms with van der Waals surface area (Å²) in [5.41, 5.74) is 6.22. The Bertz CT molecular complexity index is 384. The first-order valence-corrected chi connectivity index (χ1v) is 5.76. The molecule has 0 spiro atoms. The highest BCUT2D eigenvalue weighted by molar-refractivity contribution is 7.80. The van der Waals surface area contributed by atoms with E-state index in [4.69, 9.17) is 29.6 Å². The van der Waals surface area contributed by atoms with E-state index in [0.717, 1.165) is 12.1 Å². The number of thiocarbonyl (C=S) groups is 1. The van der Waals surface area contributed by atoms with E-state index in [2.05, 4.69) is 0 Å². The van der Waals surface area contributed by atoms with Crippen molar-refractivity contribution in [1.29, 1.82) is 0 Å². The van der Waals surface area contributed by atoms with Gasteiger partial charge >= 0.3 is 0 Å². The highest BCUT2D eigenvalue weighted by atomic mass is 35.5. The summed E-state index contributed by atoms with van der Waals surface area (Å²) in [6.45, 7) is 3.83. The highest BCUT2D eigenvalue weighted by Gasteiger charge is 2.10. The van der Waals surface area contributed by atoms with Crippen molar-refractivity contribution >= 4 is 28.8 Å². The van der Waals surface area contributed by atoms with E-state index in [-0.39, 0.29) is 5.02 Å². The summed E-state index contributed by atoms with van der Waals surface area (Å²) in [6, 6.07) is 4.79. The fourth-order valence-electron chi connectivity index (χ4n) is 1.41. The minimum atomic E-state index is -0.398. The first kappa shape index (κ1) is 13.4. The molecule has 1 aromatic rings. The summed E-state index contributed by atoms with van der Waals surface area (Å²) in [6.07, 6.45) is 0. The van der Waals surface area contributed by atoms with Crippen LogP contribution in [0, 0.1) is 5.82 Å². The Hall–Kier alpha value is -0.710. The molecule has 88 valence electrons. The number of halogens is 2. The zero-order chi connectivity index (χ0) is 12.1. The Morgan fingerprint density at radius 3 is 2.81 bits per heavy atom. The fourth-order valence-corrected chi connectivity index (χ4v) is 1.78. The number of rotatable bonds is 5. The summed E-state index contributed by atoms with van der Waals surface area (Å²) in [7, 11) is 0. The summed E-state index contributed by atoms with van der Waals surface area (Å²) in [4.78, 5) is 2.43. The molecule has 2 nitrogen and oxygen atoms in total. The first-order chi connectivity index (χ1) is 7.54. The van der Waals surface area contributed by atoms with Gasteiger partial charge in [-0.05, 0) is 18.2 Å². The molecule has 1 rings (SSSR count). The van der Waals surface area contributed by atoms with Gasteiger partial charge in [0.25, 0.3) is 0 Å². The number of hydrogen-bond acceptors (Lipinski definition) is 2. The maximum Gasteiger partial charge on any atom is 0.142 e. The number of nitrogens with zero attached hydrogens (tertiary/aromatic N) is 1. The largest absolute Gasteiger partial charge is 0.392 e. The van der Waals surface area contributed by atoms with Crippen LogP contribution < -0.4 is 5.73 Å². The Kier molecular flexibility index (Phi) is 5.12. The molecule has 0 saturated carbocycles. The van der Waals surface area contributed by atoms with Crippen LogP contribution in [0.3, 0.4) is 0 Å². The molecule has 2 N–H and O–H groups in total. The second-order valence-electron chi connectivity index (χ2n) is 3.48. The Morgan fingerprint density at radius 2 is 2.25 bits per heavy atom. The molecule has 5 heteroatoms. The van der Waals surface area contributed by atoms with Gasteiger partial charge in [-0.1, -0.05) is 42.9 Å². The van der Waals surface area contributed by atoms with Crippen molar-refractivity contribution in [2.24, 2.45) is 5.73 Å². The van der Waals surface area contributed by atoms with E-state index in [9.17, 15) is 4.39 Å². The van der Waals surface area contributed by atoms with Crippen molar-refractivity contribution in [3.05, 3.63) is 34.6 Å². The molecule has 0 unspecified atom stereocenters. The monoisotopic (exact) mass is 260 g/mol. The molecule has 0 aliphatic rings. The normalized spacial score (nSPS) is 10.8. The van der Waals surface area contributed by atoms with Crippen molar-refractivity contribution in [2.75, 3.05) is 13.1 Å². The topological polar surface area (TPSA) is 29.3 Å². The lowest BCUT2D eigenvalue weighted by molar-refractivity contribution is 0.320. The lowest BCUT2D eigenvalue weighted by Gasteiger charge is -2.20. The van der Waals surface area contributed by atoms with Gasteiger partial charge < -0.3 is 5.73 Å². The van der Waals surface area contributed by atoms with Crippen molar-refractivity contribution in [2.45, 2.75) is 13.5 Å². The lowest BCUT2D eigenvalue weighted by atomic mass is 10.2. The Balaban J connectivity index is 2.77. The molecule has 0 heterocycles. The molecule has 0 fully saturated rings. The second-order valence-corrected chi connectivity index (χ2v) is 4.38. The van der Waals surface area contributed by atoms with E-state index in [1.54, 1.807) is 12.1 Å². The van der Waals surface area contributed by atoms with Crippen molar-refractivity contribution < 1.29 is 4.39 Å². The molecule has 0 saturated heterocycles. The number of hydrogen-bond donors (Lipinski definition) is 1. The van der Waals surface area contributed by atoms with Gasteiger partial charge in [-0.2, -0.15) is 0 Å². The number of nitrogens with two attached hydrogens (primary N) is 1. The van der Waals surface area contributed by atoms with Crippen molar-refractivity contribution in [1.82, 2.24) is 4.90 Å². The van der Waals surface area contributed by atoms with Crippen LogP contribution in [0.5, 0.6) is 0 Å². The van der Waals surface area contributed by atoms with Crippen LogP contribution in [-0.2, 0) is 6.54 Å². The van der Waals surface area contributed by atoms with Gasteiger partial charge in [0.1, 0.15) is 5.82 Å². The third-order valence-electron chi connectivity index (χ3n) is 2.25. The maximum atomic E-state index is 13.2. The third-order valence-corrected chi connectivity index (χ3v) is 2.80. The highest BCUT2D eigenvalue weighted by Crippen LogP contribution is 2.20. The van der Waals surface area contributed by atoms with Gasteiger partial charge in [0.15, 0.2) is 0 Å². The average molecular weight is 261 g/mol. The summed E-state index contributed by atoms with van der Waals surface area (Å²) < 4.78 is 13.2. The minimum absolute atomic E-state index is 0.170. The summed E-state index contributed by atoms with van der Waals surface area (Å²) >= 11 is 10.7. The SMILES string of the molecule is CCN(CC(N)=S)Cc1cccc(F)c1Cl. The van der Waals surface area contributed by atoms with E-state index < -0.39 is 5.82 Å². The van der Waals surface area contributed by atoms with Crippen LogP contribution in [-0.4, -0.2) is 23.0 Å². The second kappa shape index (κ2) is 6.13. The van der Waals surface area contributed by atoms with Crippen LogP contribution in [0.4, 0.5) is 4.39 Å². The Morgan fingerprint density at radius 1 is 1.56 bits per heavy atom. The first-order valence-electron chi connectivity index (χ1n) is 4.98. The molecule has 0 bridgehead atoms. The predicted molar refractivity (Wildman–Crippen MR) is 69.1 cm³/mol. The molecule has 16 heavy (non-hydrogen) atoms. The van der Waals surface area contributed by atoms with Crippen LogP contribution in [0.2, 0.25) is 5.02 Å². The van der Waals surface area contributed by atoms with E-state index in [1.807, 2.05) is 11.8 Å². The van der Waals surface area contributed by atoms with Crippen LogP contribution >= 0.6 is 23.8 Å². The van der Waals surface area contributed by atoms with Crippen molar-refractivity contribution in [3.8, 4) is 0 Å². The van der Waals surface area contributed by atoms with E-state index >= 15 is 0 Å². The standard InChI is InChI=1S/C11H14ClFN2S/c1-2-15(7-10(14)16)6-8-4-3-5-9(13)11(8)12/h3-5H,2,6-7H2,1H3,(H2,14,16). The van der Waals surface area contributed by atoms with Gasteiger partial charge in [0, 0.05) is 13.1 Å². The fraction of sp³-hybridized carbons (Fsp3) is 0.364. The molecule has 0 amide bonds. The van der Waals surface area contributed by atoms with Crippen molar-refractivity contribution in [3.63, 3.8) is 0 Å². The van der Waals surface area contributed by atoms with Crippen LogP contribution in [0.1, 0.15) is 12.5 Å². The number of likely N-dealkylation sites (N-methyl/N-ethyl adjacent to an activating group) is 1.